The third-order valence-electron chi connectivity index (χ3n) is 1.32. The Balaban J connectivity index is 0.000001000. The number of ether oxygens (including phenoxy) is 1. The lowest BCUT2D eigenvalue weighted by Gasteiger charge is -2.06. The topological polar surface area (TPSA) is 55.4 Å². The lowest BCUT2D eigenvalue weighted by Crippen LogP contribution is -2.34. The summed E-state index contributed by atoms with van der Waals surface area (Å²) >= 11 is 0. The number of nitrogens with one attached hydrogen (secondary N) is 1. The van der Waals surface area contributed by atoms with Crippen LogP contribution < -0.4 is 20.9 Å². The maximum Gasteiger partial charge on any atom is 0.271 e. The van der Waals surface area contributed by atoms with E-state index >= 15 is 0 Å². The molecule has 1 N–H and O–H groups in total. The molecule has 0 saturated carbocycles. The van der Waals surface area contributed by atoms with Crippen LogP contribution in [0.4, 0.5) is 5.69 Å². The minimum atomic E-state index is -0.549. The Morgan fingerprint density at radius 2 is 2.00 bits per heavy atom. The molecule has 0 unspecified atom stereocenters. The van der Waals surface area contributed by atoms with Gasteiger partial charge in [0.2, 0.25) is 0 Å². The average molecular weight is 143 g/mol. The minimum Gasteiger partial charge on any atom is -0.491 e. The summed E-state index contributed by atoms with van der Waals surface area (Å²) in [5.41, 5.74) is -0.779. The van der Waals surface area contributed by atoms with Crippen molar-refractivity contribution in [3.05, 3.63) is 20.4 Å². The molecule has 0 fully saturated rings. The Bertz CT molecular complexity index is 282. The highest BCUT2D eigenvalue weighted by molar-refractivity contribution is 5.61. The quantitative estimate of drug-likeness (QED) is 0.571. The highest BCUT2D eigenvalue weighted by Crippen LogP contribution is 2.14. The molecule has 0 aliphatic heterocycles. The molecular formula is C6H9NO3. The zero-order valence-corrected chi connectivity index (χ0v) is 5.72. The Hall–Kier alpha value is -1.32. The Morgan fingerprint density at radius 3 is 2.30 bits per heavy atom. The SMILES string of the molecule is CNc1c(OC)c(=O)c1=O.[HH]. The summed E-state index contributed by atoms with van der Waals surface area (Å²) in [6.45, 7) is 0. The average Bonchev–Trinajstić information content (AvgIpc) is 1.97. The number of hydrogen-bond acceptors (Lipinski definition) is 4. The molecule has 1 aromatic carbocycles. The highest BCUT2D eigenvalue weighted by Gasteiger charge is 2.19. The van der Waals surface area contributed by atoms with Crippen molar-refractivity contribution < 1.29 is 6.16 Å². The van der Waals surface area contributed by atoms with Crippen LogP contribution in [0.1, 0.15) is 1.43 Å². The van der Waals surface area contributed by atoms with E-state index < -0.39 is 10.9 Å². The molecule has 0 aliphatic carbocycles. The molecule has 0 atom stereocenters. The molecule has 0 radical (unpaired) electrons. The van der Waals surface area contributed by atoms with Crippen LogP contribution in [0.15, 0.2) is 9.59 Å². The highest BCUT2D eigenvalue weighted by atomic mass is 16.5. The van der Waals surface area contributed by atoms with Gasteiger partial charge in [0.1, 0.15) is 5.69 Å². The lowest BCUT2D eigenvalue weighted by atomic mass is 10.2. The van der Waals surface area contributed by atoms with Crippen LogP contribution in [-0.2, 0) is 0 Å². The van der Waals surface area contributed by atoms with Gasteiger partial charge in [-0.15, -0.1) is 0 Å². The van der Waals surface area contributed by atoms with Crippen LogP contribution in [0.3, 0.4) is 0 Å². The first-order chi connectivity index (χ1) is 4.72. The van der Waals surface area contributed by atoms with Gasteiger partial charge < -0.3 is 10.1 Å². The van der Waals surface area contributed by atoms with Gasteiger partial charge in [0.05, 0.1) is 7.11 Å². The van der Waals surface area contributed by atoms with Crippen LogP contribution in [0.5, 0.6) is 5.75 Å². The maximum atomic E-state index is 10.6. The van der Waals surface area contributed by atoms with Gasteiger partial charge >= 0.3 is 0 Å². The Morgan fingerprint density at radius 1 is 1.40 bits per heavy atom. The van der Waals surface area contributed by atoms with Gasteiger partial charge in [0.15, 0.2) is 5.75 Å². The van der Waals surface area contributed by atoms with E-state index in [0.717, 1.165) is 0 Å². The van der Waals surface area contributed by atoms with Crippen molar-refractivity contribution in [3.8, 4) is 5.75 Å². The Labute approximate surface area is 58.6 Å². The number of methoxy groups -OCH3 is 1. The van der Waals surface area contributed by atoms with E-state index in [4.69, 9.17) is 0 Å². The maximum absolute atomic E-state index is 10.6. The summed E-state index contributed by atoms with van der Waals surface area (Å²) in [7, 11) is 2.93. The monoisotopic (exact) mass is 143 g/mol. The zero-order valence-electron chi connectivity index (χ0n) is 5.72. The van der Waals surface area contributed by atoms with E-state index in [-0.39, 0.29) is 12.9 Å². The summed E-state index contributed by atoms with van der Waals surface area (Å²) in [6, 6.07) is 0. The molecule has 4 heteroatoms. The fourth-order valence-electron chi connectivity index (χ4n) is 0.793. The summed E-state index contributed by atoms with van der Waals surface area (Å²) in [5.74, 6) is 0.132. The van der Waals surface area contributed by atoms with Crippen LogP contribution in [-0.4, -0.2) is 14.2 Å². The standard InChI is InChI=1S/C6H7NO3.H2/c1-7-3-4(8)5(9)6(3)10-2;/h7H,1-2H3;1H. The van der Waals surface area contributed by atoms with Crippen molar-refractivity contribution in [2.75, 3.05) is 19.5 Å². The third-order valence-corrected chi connectivity index (χ3v) is 1.32. The molecule has 4 nitrogen and oxygen atoms in total. The van der Waals surface area contributed by atoms with E-state index in [9.17, 15) is 9.59 Å². The smallest absolute Gasteiger partial charge is 0.271 e. The van der Waals surface area contributed by atoms with Crippen molar-refractivity contribution in [2.24, 2.45) is 0 Å². The van der Waals surface area contributed by atoms with Gasteiger partial charge in [-0.1, -0.05) is 0 Å². The summed E-state index contributed by atoms with van der Waals surface area (Å²) in [4.78, 5) is 21.2. The van der Waals surface area contributed by atoms with Crippen molar-refractivity contribution >= 4 is 5.69 Å². The molecular weight excluding hydrogens is 134 g/mol. The van der Waals surface area contributed by atoms with E-state index in [1.807, 2.05) is 0 Å². The molecule has 0 spiro atoms. The van der Waals surface area contributed by atoms with Gasteiger partial charge in [-0.05, 0) is 0 Å². The van der Waals surface area contributed by atoms with Crippen LogP contribution in [0, 0.1) is 0 Å². The van der Waals surface area contributed by atoms with Gasteiger partial charge in [0, 0.05) is 8.47 Å². The summed E-state index contributed by atoms with van der Waals surface area (Å²) in [5, 5.41) is 2.57. The molecule has 0 aliphatic rings. The normalized spacial score (nSPS) is 9.80. The van der Waals surface area contributed by atoms with E-state index in [1.54, 1.807) is 7.05 Å². The molecule has 0 amide bonds. The van der Waals surface area contributed by atoms with Gasteiger partial charge in [-0.2, -0.15) is 0 Å². The molecule has 10 heavy (non-hydrogen) atoms. The molecule has 0 bridgehead atoms. The Kier molecular flexibility index (Phi) is 1.45. The molecule has 1 rings (SSSR count). The predicted octanol–water partition coefficient (Wildman–Crippen LogP) is -0.421. The van der Waals surface area contributed by atoms with Gasteiger partial charge in [0.25, 0.3) is 10.9 Å². The second kappa shape index (κ2) is 2.13. The van der Waals surface area contributed by atoms with Crippen molar-refractivity contribution in [3.63, 3.8) is 0 Å². The second-order valence-electron chi connectivity index (χ2n) is 1.82. The fraction of sp³-hybridized carbons (Fsp3) is 0.333. The van der Waals surface area contributed by atoms with Crippen LogP contribution in [0.2, 0.25) is 0 Å². The lowest BCUT2D eigenvalue weighted by molar-refractivity contribution is 0.408. The van der Waals surface area contributed by atoms with Crippen molar-refractivity contribution in [2.45, 2.75) is 0 Å². The number of hydrogen-bond donors (Lipinski definition) is 1. The van der Waals surface area contributed by atoms with E-state index in [2.05, 4.69) is 10.1 Å². The first-order valence-corrected chi connectivity index (χ1v) is 2.77. The minimum absolute atomic E-state index is 0. The zero-order chi connectivity index (χ0) is 7.72. The van der Waals surface area contributed by atoms with Gasteiger partial charge in [-0.25, -0.2) is 0 Å². The molecule has 0 saturated heterocycles. The third kappa shape index (κ3) is 0.618. The largest absolute Gasteiger partial charge is 0.491 e. The van der Waals surface area contributed by atoms with E-state index in [0.29, 0.717) is 0 Å². The summed E-state index contributed by atoms with van der Waals surface area (Å²) in [6.07, 6.45) is 0. The van der Waals surface area contributed by atoms with Crippen molar-refractivity contribution in [1.82, 2.24) is 0 Å². The number of anilines is 1. The first-order valence-electron chi connectivity index (χ1n) is 2.77. The first kappa shape index (κ1) is 6.80. The molecule has 56 valence electrons. The van der Waals surface area contributed by atoms with Crippen molar-refractivity contribution in [1.29, 1.82) is 0 Å². The van der Waals surface area contributed by atoms with Gasteiger partial charge in [-0.3, -0.25) is 9.59 Å². The number of rotatable bonds is 2. The summed E-state index contributed by atoms with van der Waals surface area (Å²) < 4.78 is 4.62. The molecule has 1 aromatic rings. The van der Waals surface area contributed by atoms with E-state index in [1.165, 1.54) is 7.11 Å². The van der Waals surface area contributed by atoms with Crippen LogP contribution in [0.25, 0.3) is 0 Å². The second-order valence-corrected chi connectivity index (χ2v) is 1.82. The molecule has 0 aromatic heterocycles. The molecule has 0 heterocycles. The predicted molar refractivity (Wildman–Crippen MR) is 39.6 cm³/mol. The fourth-order valence-corrected chi connectivity index (χ4v) is 0.793. The van der Waals surface area contributed by atoms with Crippen LogP contribution >= 0.6 is 0 Å².